The Bertz CT molecular complexity index is 590. The molecule has 2 nitrogen and oxygen atoms in total. The number of imidazole rings is 1. The van der Waals surface area contributed by atoms with Crippen LogP contribution >= 0.6 is 0 Å². The molecule has 0 aliphatic rings. The molecule has 0 saturated carbocycles. The van der Waals surface area contributed by atoms with Gasteiger partial charge in [0.15, 0.2) is 0 Å². The number of aromatic nitrogens is 2. The maximum Gasteiger partial charge on any atom is 0.256 e. The van der Waals surface area contributed by atoms with Gasteiger partial charge in [-0.1, -0.05) is 162 Å². The monoisotopic (exact) mass is 532 g/mol. The Labute approximate surface area is 240 Å². The minimum Gasteiger partial charge on any atom is -0.234 e. The highest BCUT2D eigenvalue weighted by Gasteiger charge is 2.16. The number of nitrogens with zero attached hydrogens (tertiary/aromatic N) is 2. The minimum absolute atomic E-state index is 1.22. The molecule has 0 saturated heterocycles. The Morgan fingerprint density at radius 2 is 0.816 bits per heavy atom. The molecule has 0 aromatic carbocycles. The molecule has 2 heteroatoms. The van der Waals surface area contributed by atoms with E-state index in [1.54, 1.807) is 5.82 Å². The van der Waals surface area contributed by atoms with E-state index in [4.69, 9.17) is 0 Å². The van der Waals surface area contributed by atoms with Crippen LogP contribution in [-0.2, 0) is 19.5 Å². The van der Waals surface area contributed by atoms with E-state index in [1.165, 1.54) is 193 Å². The van der Waals surface area contributed by atoms with Gasteiger partial charge >= 0.3 is 0 Å². The zero-order chi connectivity index (χ0) is 27.4. The highest BCUT2D eigenvalue weighted by molar-refractivity contribution is 4.84. The Morgan fingerprint density at radius 1 is 0.447 bits per heavy atom. The number of aryl methyl sites for hydroxylation is 2. The van der Waals surface area contributed by atoms with Gasteiger partial charge in [0, 0.05) is 6.42 Å². The van der Waals surface area contributed by atoms with Crippen molar-refractivity contribution < 1.29 is 4.57 Å². The molecule has 1 heterocycles. The first-order valence-corrected chi connectivity index (χ1v) is 17.9. The normalized spacial score (nSPS) is 11.6. The molecule has 0 aliphatic heterocycles. The first-order valence-electron chi connectivity index (χ1n) is 17.9. The number of rotatable bonds is 30. The zero-order valence-electron chi connectivity index (χ0n) is 26.8. The quantitative estimate of drug-likeness (QED) is 0.0689. The molecule has 38 heavy (non-hydrogen) atoms. The molecule has 0 N–H and O–H groups in total. The topological polar surface area (TPSA) is 8.81 Å². The van der Waals surface area contributed by atoms with Gasteiger partial charge in [-0.05, 0) is 32.1 Å². The van der Waals surface area contributed by atoms with Crippen molar-refractivity contribution in [3.05, 3.63) is 18.2 Å². The number of hydrogen-bond acceptors (Lipinski definition) is 0. The second-order valence-electron chi connectivity index (χ2n) is 12.3. The lowest BCUT2D eigenvalue weighted by Crippen LogP contribution is -2.37. The number of unbranched alkanes of at least 4 members (excludes halogenated alkanes) is 24. The standard InChI is InChI=1S/C36H71N2/c1-4-7-10-13-15-17-19-21-23-25-27-30-33-38-35-34-37(32-29-12-9-6-3)36(38)31-28-26-24-22-20-18-16-14-11-8-5-2/h34-35H,4-33H2,1-3H3/q+1. The van der Waals surface area contributed by atoms with Crippen LogP contribution in [0.5, 0.6) is 0 Å². The van der Waals surface area contributed by atoms with Crippen LogP contribution < -0.4 is 4.57 Å². The van der Waals surface area contributed by atoms with Crippen LogP contribution in [-0.4, -0.2) is 4.57 Å². The third kappa shape index (κ3) is 20.2. The number of hydrogen-bond donors (Lipinski definition) is 0. The van der Waals surface area contributed by atoms with Crippen LogP contribution in [0.4, 0.5) is 0 Å². The van der Waals surface area contributed by atoms with Crippen molar-refractivity contribution in [1.29, 1.82) is 0 Å². The molecular weight excluding hydrogens is 460 g/mol. The molecule has 0 aliphatic carbocycles. The first-order chi connectivity index (χ1) is 18.8. The van der Waals surface area contributed by atoms with Gasteiger partial charge in [0.25, 0.3) is 5.82 Å². The molecule has 0 radical (unpaired) electrons. The van der Waals surface area contributed by atoms with Crippen LogP contribution in [0.1, 0.15) is 200 Å². The summed E-state index contributed by atoms with van der Waals surface area (Å²) in [4.78, 5) is 0. The summed E-state index contributed by atoms with van der Waals surface area (Å²) in [5.74, 6) is 1.61. The van der Waals surface area contributed by atoms with Crippen LogP contribution in [0.3, 0.4) is 0 Å². The van der Waals surface area contributed by atoms with Crippen molar-refractivity contribution in [2.45, 2.75) is 214 Å². The van der Waals surface area contributed by atoms with Crippen LogP contribution in [0.15, 0.2) is 12.4 Å². The summed E-state index contributed by atoms with van der Waals surface area (Å²) in [7, 11) is 0. The average molecular weight is 532 g/mol. The van der Waals surface area contributed by atoms with Crippen molar-refractivity contribution in [2.75, 3.05) is 0 Å². The summed E-state index contributed by atoms with van der Waals surface area (Å²) >= 11 is 0. The minimum atomic E-state index is 1.22. The third-order valence-corrected chi connectivity index (χ3v) is 8.60. The van der Waals surface area contributed by atoms with E-state index in [0.717, 1.165) is 0 Å². The third-order valence-electron chi connectivity index (χ3n) is 8.60. The fourth-order valence-electron chi connectivity index (χ4n) is 5.97. The van der Waals surface area contributed by atoms with E-state index in [2.05, 4.69) is 42.3 Å². The van der Waals surface area contributed by atoms with E-state index in [0.29, 0.717) is 0 Å². The largest absolute Gasteiger partial charge is 0.256 e. The predicted octanol–water partition coefficient (Wildman–Crippen LogP) is 11.9. The summed E-state index contributed by atoms with van der Waals surface area (Å²) in [6.07, 6.45) is 44.5. The van der Waals surface area contributed by atoms with Crippen molar-refractivity contribution in [2.24, 2.45) is 0 Å². The second kappa shape index (κ2) is 27.8. The van der Waals surface area contributed by atoms with Crippen molar-refractivity contribution >= 4 is 0 Å². The Hall–Kier alpha value is -0.790. The maximum atomic E-state index is 2.62. The van der Waals surface area contributed by atoms with Gasteiger partial charge in [0.1, 0.15) is 12.4 Å². The lowest BCUT2D eigenvalue weighted by Gasteiger charge is -2.07. The van der Waals surface area contributed by atoms with Gasteiger partial charge in [-0.3, -0.25) is 0 Å². The predicted molar refractivity (Wildman–Crippen MR) is 170 cm³/mol. The highest BCUT2D eigenvalue weighted by atomic mass is 15.1. The van der Waals surface area contributed by atoms with Crippen molar-refractivity contribution in [1.82, 2.24) is 4.57 Å². The van der Waals surface area contributed by atoms with Crippen LogP contribution in [0, 0.1) is 0 Å². The molecule has 0 fully saturated rings. The van der Waals surface area contributed by atoms with E-state index in [1.807, 2.05) is 0 Å². The molecule has 1 aromatic heterocycles. The van der Waals surface area contributed by atoms with E-state index in [9.17, 15) is 0 Å². The molecule has 0 spiro atoms. The molecular formula is C36H71N2+. The summed E-state index contributed by atoms with van der Waals surface area (Å²) in [6, 6.07) is 0. The Balaban J connectivity index is 2.23. The summed E-state index contributed by atoms with van der Waals surface area (Å²) in [5.41, 5.74) is 0. The Morgan fingerprint density at radius 3 is 1.26 bits per heavy atom. The van der Waals surface area contributed by atoms with E-state index in [-0.39, 0.29) is 0 Å². The molecule has 1 aromatic rings. The second-order valence-corrected chi connectivity index (χ2v) is 12.3. The maximum absolute atomic E-state index is 2.62. The lowest BCUT2D eigenvalue weighted by atomic mass is 10.0. The molecule has 224 valence electrons. The van der Waals surface area contributed by atoms with Gasteiger partial charge < -0.3 is 0 Å². The fraction of sp³-hybridized carbons (Fsp3) is 0.917. The zero-order valence-corrected chi connectivity index (χ0v) is 26.8. The molecule has 0 unspecified atom stereocenters. The lowest BCUT2D eigenvalue weighted by molar-refractivity contribution is -0.704. The molecule has 1 rings (SSSR count). The Kier molecular flexibility index (Phi) is 25.7. The summed E-state index contributed by atoms with van der Waals surface area (Å²) in [5, 5.41) is 0. The van der Waals surface area contributed by atoms with Crippen molar-refractivity contribution in [3.8, 4) is 0 Å². The average Bonchev–Trinajstić information content (AvgIpc) is 3.31. The highest BCUT2D eigenvalue weighted by Crippen LogP contribution is 2.14. The molecule has 0 atom stereocenters. The van der Waals surface area contributed by atoms with Gasteiger partial charge in [-0.15, -0.1) is 0 Å². The van der Waals surface area contributed by atoms with Crippen molar-refractivity contribution in [3.63, 3.8) is 0 Å². The fourth-order valence-corrected chi connectivity index (χ4v) is 5.97. The van der Waals surface area contributed by atoms with Gasteiger partial charge in [0.05, 0.1) is 13.1 Å². The molecule has 0 bridgehead atoms. The van der Waals surface area contributed by atoms with Crippen LogP contribution in [0.25, 0.3) is 0 Å². The van der Waals surface area contributed by atoms with Gasteiger partial charge in [-0.25, -0.2) is 9.13 Å². The van der Waals surface area contributed by atoms with Crippen LogP contribution in [0.2, 0.25) is 0 Å². The van der Waals surface area contributed by atoms with E-state index < -0.39 is 0 Å². The molecule has 0 amide bonds. The van der Waals surface area contributed by atoms with Gasteiger partial charge in [0.2, 0.25) is 0 Å². The van der Waals surface area contributed by atoms with E-state index >= 15 is 0 Å². The van der Waals surface area contributed by atoms with Gasteiger partial charge in [-0.2, -0.15) is 0 Å². The smallest absolute Gasteiger partial charge is 0.234 e. The first kappa shape index (κ1) is 35.2. The SMILES string of the molecule is CCCCCCCCCCCCCC[n+]1ccn(CCCCCC)c1CCCCCCCCCCCCC. The summed E-state index contributed by atoms with van der Waals surface area (Å²) in [6.45, 7) is 9.38. The summed E-state index contributed by atoms with van der Waals surface area (Å²) < 4.78 is 5.22.